The summed E-state index contributed by atoms with van der Waals surface area (Å²) >= 11 is 0. The van der Waals surface area contributed by atoms with Crippen molar-refractivity contribution in [2.45, 2.75) is 37.8 Å². The summed E-state index contributed by atoms with van der Waals surface area (Å²) in [6.07, 6.45) is 3.44. The predicted octanol–water partition coefficient (Wildman–Crippen LogP) is 2.58. The Hall–Kier alpha value is -3.87. The Morgan fingerprint density at radius 2 is 1.95 bits per heavy atom. The molecule has 0 unspecified atom stereocenters. The van der Waals surface area contributed by atoms with Gasteiger partial charge in [-0.1, -0.05) is 30.7 Å². The number of para-hydroxylation sites is 1. The molecule has 40 heavy (non-hydrogen) atoms. The van der Waals surface area contributed by atoms with Gasteiger partial charge in [0, 0.05) is 31.9 Å². The number of rotatable bonds is 8. The fourth-order valence-corrected chi connectivity index (χ4v) is 5.59. The molecular weight excluding hydrogens is 534 g/mol. The number of hydrogen-bond acceptors (Lipinski definition) is 8. The van der Waals surface area contributed by atoms with Crippen LogP contribution >= 0.6 is 0 Å². The maximum atomic E-state index is 13.6. The normalized spacial score (nSPS) is 18.4. The minimum atomic E-state index is -3.84. The van der Waals surface area contributed by atoms with Gasteiger partial charge in [0.25, 0.3) is 11.8 Å². The minimum absolute atomic E-state index is 0.0290. The molecule has 3 aromatic rings. The molecule has 0 radical (unpaired) electrons. The predicted molar refractivity (Wildman–Crippen MR) is 149 cm³/mol. The summed E-state index contributed by atoms with van der Waals surface area (Å²) in [6, 6.07) is 10.9. The number of benzene rings is 2. The van der Waals surface area contributed by atoms with Crippen molar-refractivity contribution in [1.29, 1.82) is 0 Å². The van der Waals surface area contributed by atoms with Crippen molar-refractivity contribution >= 4 is 27.5 Å². The third-order valence-corrected chi connectivity index (χ3v) is 8.74. The van der Waals surface area contributed by atoms with E-state index in [1.165, 1.54) is 29.9 Å². The van der Waals surface area contributed by atoms with Crippen molar-refractivity contribution in [3.63, 3.8) is 0 Å². The molecule has 2 amide bonds. The molecule has 0 saturated heterocycles. The molecule has 2 N–H and O–H groups in total. The van der Waals surface area contributed by atoms with Crippen LogP contribution in [0.3, 0.4) is 0 Å². The highest BCUT2D eigenvalue weighted by atomic mass is 32.2. The minimum Gasteiger partial charge on any atom is -0.486 e. The number of anilines is 1. The Morgan fingerprint density at radius 3 is 2.60 bits per heavy atom. The molecule has 3 atom stereocenters. The molecule has 11 nitrogen and oxygen atoms in total. The fourth-order valence-electron chi connectivity index (χ4n) is 4.40. The molecule has 0 aliphatic carbocycles. The van der Waals surface area contributed by atoms with Gasteiger partial charge in [-0.3, -0.25) is 14.6 Å². The Bertz CT molecular complexity index is 1470. The van der Waals surface area contributed by atoms with Gasteiger partial charge in [0.15, 0.2) is 5.75 Å². The number of hydrogen-bond donors (Lipinski definition) is 2. The Labute approximate surface area is 233 Å². The van der Waals surface area contributed by atoms with Crippen molar-refractivity contribution in [2.24, 2.45) is 5.92 Å². The zero-order valence-electron chi connectivity index (χ0n) is 22.8. The number of aromatic nitrogens is 2. The van der Waals surface area contributed by atoms with Crippen molar-refractivity contribution in [3.05, 3.63) is 77.9 Å². The molecule has 1 aliphatic heterocycles. The van der Waals surface area contributed by atoms with Crippen molar-refractivity contribution in [2.75, 3.05) is 32.1 Å². The van der Waals surface area contributed by atoms with Crippen molar-refractivity contribution in [1.82, 2.24) is 19.2 Å². The molecule has 0 bridgehead atoms. The third-order valence-electron chi connectivity index (χ3n) is 6.90. The topological polar surface area (TPSA) is 142 Å². The molecule has 2 aromatic carbocycles. The van der Waals surface area contributed by atoms with E-state index in [4.69, 9.17) is 4.74 Å². The molecule has 1 aliphatic rings. The van der Waals surface area contributed by atoms with E-state index in [0.29, 0.717) is 0 Å². The number of amides is 2. The lowest BCUT2D eigenvalue weighted by atomic mass is 9.99. The number of nitrogens with one attached hydrogen (secondary N) is 1. The third kappa shape index (κ3) is 6.14. The first kappa shape index (κ1) is 29.1. The van der Waals surface area contributed by atoms with Crippen LogP contribution in [0.15, 0.2) is 66.0 Å². The molecule has 0 saturated carbocycles. The van der Waals surface area contributed by atoms with E-state index >= 15 is 0 Å². The van der Waals surface area contributed by atoms with E-state index in [2.05, 4.69) is 15.3 Å². The smallest absolute Gasteiger partial charge is 0.275 e. The average Bonchev–Trinajstić information content (AvgIpc) is 2.95. The van der Waals surface area contributed by atoms with Gasteiger partial charge >= 0.3 is 0 Å². The van der Waals surface area contributed by atoms with Crippen LogP contribution in [-0.4, -0.2) is 83.4 Å². The van der Waals surface area contributed by atoms with Gasteiger partial charge < -0.3 is 20.1 Å². The molecule has 0 spiro atoms. The van der Waals surface area contributed by atoms with Gasteiger partial charge in [-0.15, -0.1) is 0 Å². The standard InChI is InChI=1S/C28H33N5O6S/c1-18-8-10-21(11-9-18)40(37,38)32(4)16-25-19(2)15-33(20(3)17-34)28(36)22-6-5-7-23(26(22)39-25)31-27(35)24-14-29-12-13-30-24/h5-14,19-20,25,34H,15-17H2,1-4H3,(H,31,35)/t19-,20-,25+/m1/s1. The lowest BCUT2D eigenvalue weighted by Crippen LogP contribution is -2.50. The van der Waals surface area contributed by atoms with Gasteiger partial charge in [-0.25, -0.2) is 13.4 Å². The van der Waals surface area contributed by atoms with Gasteiger partial charge in [0.1, 0.15) is 11.8 Å². The van der Waals surface area contributed by atoms with Crippen LogP contribution in [0.1, 0.15) is 40.3 Å². The summed E-state index contributed by atoms with van der Waals surface area (Å²) in [7, 11) is -2.36. The van der Waals surface area contributed by atoms with Crippen LogP contribution in [0, 0.1) is 12.8 Å². The van der Waals surface area contributed by atoms with Gasteiger partial charge in [0.05, 0.1) is 41.5 Å². The van der Waals surface area contributed by atoms with E-state index in [-0.39, 0.29) is 59.1 Å². The molecule has 212 valence electrons. The van der Waals surface area contributed by atoms with Gasteiger partial charge in [-0.2, -0.15) is 4.31 Å². The monoisotopic (exact) mass is 567 g/mol. The summed E-state index contributed by atoms with van der Waals surface area (Å²) in [6.45, 7) is 5.40. The molecule has 0 fully saturated rings. The average molecular weight is 568 g/mol. The zero-order valence-corrected chi connectivity index (χ0v) is 23.6. The van der Waals surface area contributed by atoms with Crippen molar-refractivity contribution in [3.8, 4) is 5.75 Å². The second-order valence-corrected chi connectivity index (χ2v) is 12.0. The first-order chi connectivity index (χ1) is 19.0. The van der Waals surface area contributed by atoms with Gasteiger partial charge in [0.2, 0.25) is 10.0 Å². The number of carbonyl (C=O) groups excluding carboxylic acids is 2. The van der Waals surface area contributed by atoms with Crippen LogP contribution < -0.4 is 10.1 Å². The molecule has 2 heterocycles. The summed E-state index contributed by atoms with van der Waals surface area (Å²) in [5.41, 5.74) is 1.41. The molecule has 1 aromatic heterocycles. The number of likely N-dealkylation sites (N-methyl/N-ethyl adjacent to an activating group) is 1. The summed E-state index contributed by atoms with van der Waals surface area (Å²) < 4.78 is 34.4. The van der Waals surface area contributed by atoms with Crippen molar-refractivity contribution < 1.29 is 27.9 Å². The van der Waals surface area contributed by atoms with E-state index < -0.39 is 28.1 Å². The number of aryl methyl sites for hydroxylation is 1. The first-order valence-corrected chi connectivity index (χ1v) is 14.3. The van der Waals surface area contributed by atoms with Gasteiger partial charge in [-0.05, 0) is 38.1 Å². The summed E-state index contributed by atoms with van der Waals surface area (Å²) in [5, 5.41) is 12.6. The highest BCUT2D eigenvalue weighted by Crippen LogP contribution is 2.35. The lowest BCUT2D eigenvalue weighted by molar-refractivity contribution is 0.0388. The Morgan fingerprint density at radius 1 is 1.23 bits per heavy atom. The number of carbonyl (C=O) groups is 2. The summed E-state index contributed by atoms with van der Waals surface area (Å²) in [4.78, 5) is 36.2. The highest BCUT2D eigenvalue weighted by Gasteiger charge is 2.36. The second-order valence-electron chi connectivity index (χ2n) is 9.95. The van der Waals surface area contributed by atoms with Crippen LogP contribution in [0.25, 0.3) is 0 Å². The quantitative estimate of drug-likeness (QED) is 0.423. The van der Waals surface area contributed by atoms with Crippen LogP contribution in [0.5, 0.6) is 5.75 Å². The number of aliphatic hydroxyl groups is 1. The van der Waals surface area contributed by atoms with E-state index in [1.54, 1.807) is 54.3 Å². The number of sulfonamides is 1. The fraction of sp³-hybridized carbons (Fsp3) is 0.357. The Kier molecular flexibility index (Phi) is 8.82. The molecule has 12 heteroatoms. The maximum absolute atomic E-state index is 13.6. The highest BCUT2D eigenvalue weighted by molar-refractivity contribution is 7.89. The van der Waals surface area contributed by atoms with E-state index in [0.717, 1.165) is 5.56 Å². The number of ether oxygens (including phenoxy) is 1. The number of nitrogens with zero attached hydrogens (tertiary/aromatic N) is 4. The largest absolute Gasteiger partial charge is 0.486 e. The first-order valence-electron chi connectivity index (χ1n) is 12.8. The van der Waals surface area contributed by atoms with Crippen LogP contribution in [-0.2, 0) is 10.0 Å². The van der Waals surface area contributed by atoms with E-state index in [9.17, 15) is 23.1 Å². The summed E-state index contributed by atoms with van der Waals surface area (Å²) in [5.74, 6) is -1.16. The maximum Gasteiger partial charge on any atom is 0.275 e. The Balaban J connectivity index is 1.72. The number of fused-ring (bicyclic) bond motifs is 1. The van der Waals surface area contributed by atoms with Crippen LogP contribution in [0.2, 0.25) is 0 Å². The second kappa shape index (κ2) is 12.1. The van der Waals surface area contributed by atoms with E-state index in [1.807, 2.05) is 13.8 Å². The lowest BCUT2D eigenvalue weighted by Gasteiger charge is -2.38. The molecular formula is C28H33N5O6S. The SMILES string of the molecule is Cc1ccc(S(=O)(=O)N(C)C[C@@H]2Oc3c(NC(=O)c4cnccn4)cccc3C(=O)N([C@H](C)CO)C[C@H]2C)cc1. The number of aliphatic hydroxyl groups excluding tert-OH is 1. The zero-order chi connectivity index (χ0) is 29.0. The molecule has 4 rings (SSSR count). The van der Waals surface area contributed by atoms with Crippen LogP contribution in [0.4, 0.5) is 5.69 Å².